The van der Waals surface area contributed by atoms with E-state index in [1.165, 1.54) is 18.6 Å². The van der Waals surface area contributed by atoms with Crippen molar-refractivity contribution in [1.29, 1.82) is 0 Å². The molecule has 0 saturated carbocycles. The monoisotopic (exact) mass is 513 g/mol. The largest absolute Gasteiger partial charge is 0.477 e. The van der Waals surface area contributed by atoms with E-state index in [0.717, 1.165) is 0 Å². The van der Waals surface area contributed by atoms with Crippen molar-refractivity contribution in [2.45, 2.75) is 25.9 Å². The van der Waals surface area contributed by atoms with Crippen molar-refractivity contribution in [3.05, 3.63) is 59.4 Å². The number of halogens is 3. The minimum Gasteiger partial charge on any atom is -0.477 e. The molecule has 4 heterocycles. The normalized spacial score (nSPS) is 11.7. The standard InChI is InChI=1S/C23H22ClF2N9O/c1-14(6-8-36-22-17(12-30-34(22)2)21-28-7-5-20(27)33-21)32-18-9-19(24)29-11-16(18)4-3-15-10-31-35(13-15)23(25)26/h5,7,9-14,23H,6,8H2,1-2H3,(H,29,32)(H2,27,28,33)/t14-/m0/s1. The molecule has 36 heavy (non-hydrogen) atoms. The molecule has 4 rings (SSSR count). The quantitative estimate of drug-likeness (QED) is 0.270. The average Bonchev–Trinajstić information content (AvgIpc) is 3.46. The Morgan fingerprint density at radius 2 is 2.03 bits per heavy atom. The Morgan fingerprint density at radius 3 is 2.78 bits per heavy atom. The van der Waals surface area contributed by atoms with Gasteiger partial charge in [0.2, 0.25) is 5.88 Å². The number of nitrogens with two attached hydrogens (primary N) is 1. The number of ether oxygens (including phenoxy) is 1. The topological polar surface area (TPSA) is 122 Å². The van der Waals surface area contributed by atoms with Crippen molar-refractivity contribution in [3.63, 3.8) is 0 Å². The first-order chi connectivity index (χ1) is 17.3. The summed E-state index contributed by atoms with van der Waals surface area (Å²) >= 11 is 6.08. The van der Waals surface area contributed by atoms with E-state index in [0.29, 0.717) is 62.8 Å². The summed E-state index contributed by atoms with van der Waals surface area (Å²) in [5.74, 6) is 7.05. The van der Waals surface area contributed by atoms with Crippen molar-refractivity contribution < 1.29 is 13.5 Å². The molecule has 4 aromatic rings. The molecule has 0 spiro atoms. The molecule has 0 fully saturated rings. The van der Waals surface area contributed by atoms with Gasteiger partial charge in [-0.2, -0.15) is 19.0 Å². The molecule has 4 aromatic heterocycles. The Bertz CT molecular complexity index is 1410. The summed E-state index contributed by atoms with van der Waals surface area (Å²) < 4.78 is 33.6. The Morgan fingerprint density at radius 1 is 1.19 bits per heavy atom. The van der Waals surface area contributed by atoms with E-state index in [-0.39, 0.29) is 6.04 Å². The first-order valence-corrected chi connectivity index (χ1v) is 11.2. The predicted molar refractivity (Wildman–Crippen MR) is 131 cm³/mol. The molecule has 0 saturated heterocycles. The molecule has 13 heteroatoms. The first kappa shape index (κ1) is 24.9. The summed E-state index contributed by atoms with van der Waals surface area (Å²) in [5.41, 5.74) is 7.98. The van der Waals surface area contributed by atoms with Crippen LogP contribution in [0.5, 0.6) is 5.88 Å². The second kappa shape index (κ2) is 11.0. The summed E-state index contributed by atoms with van der Waals surface area (Å²) in [6.45, 7) is -0.374. The molecule has 1 atom stereocenters. The fraction of sp³-hybridized carbons (Fsp3) is 0.261. The SMILES string of the molecule is C[C@@H](CCOc1c(-c2nccc(N)n2)cnn1C)Nc1cc(Cl)ncc1C#Cc1cnn(C(F)F)c1. The number of nitrogens with one attached hydrogen (secondary N) is 1. The molecule has 0 bridgehead atoms. The molecular weight excluding hydrogens is 492 g/mol. The number of aromatic nitrogens is 7. The van der Waals surface area contributed by atoms with Crippen molar-refractivity contribution in [2.75, 3.05) is 17.7 Å². The second-order valence-electron chi connectivity index (χ2n) is 7.76. The first-order valence-electron chi connectivity index (χ1n) is 10.8. The van der Waals surface area contributed by atoms with Crippen LogP contribution in [-0.2, 0) is 7.05 Å². The van der Waals surface area contributed by atoms with E-state index in [4.69, 9.17) is 22.1 Å². The highest BCUT2D eigenvalue weighted by Crippen LogP contribution is 2.27. The number of hydrogen-bond acceptors (Lipinski definition) is 8. The van der Waals surface area contributed by atoms with Gasteiger partial charge in [0, 0.05) is 38.1 Å². The summed E-state index contributed by atoms with van der Waals surface area (Å²) in [4.78, 5) is 12.5. The maximum atomic E-state index is 12.7. The number of nitrogen functional groups attached to an aromatic ring is 1. The molecule has 0 unspecified atom stereocenters. The zero-order chi connectivity index (χ0) is 25.7. The highest BCUT2D eigenvalue weighted by molar-refractivity contribution is 6.29. The zero-order valence-electron chi connectivity index (χ0n) is 19.4. The molecule has 0 amide bonds. The Hall–Kier alpha value is -4.24. The van der Waals surface area contributed by atoms with E-state index in [1.54, 1.807) is 36.3 Å². The summed E-state index contributed by atoms with van der Waals surface area (Å²) in [6, 6.07) is 3.22. The Balaban J connectivity index is 1.41. The fourth-order valence-electron chi connectivity index (χ4n) is 3.22. The number of hydrogen-bond donors (Lipinski definition) is 2. The molecular formula is C23H22ClF2N9O. The fourth-order valence-corrected chi connectivity index (χ4v) is 3.38. The lowest BCUT2D eigenvalue weighted by Crippen LogP contribution is -2.19. The van der Waals surface area contributed by atoms with Gasteiger partial charge >= 0.3 is 6.55 Å². The molecule has 0 aliphatic heterocycles. The van der Waals surface area contributed by atoms with Gasteiger partial charge in [0.15, 0.2) is 5.82 Å². The van der Waals surface area contributed by atoms with Crippen molar-refractivity contribution in [2.24, 2.45) is 7.05 Å². The van der Waals surface area contributed by atoms with Gasteiger partial charge in [-0.3, -0.25) is 0 Å². The van der Waals surface area contributed by atoms with Crippen LogP contribution in [0.1, 0.15) is 31.0 Å². The molecule has 0 aliphatic carbocycles. The smallest absolute Gasteiger partial charge is 0.333 e. The average molecular weight is 514 g/mol. The van der Waals surface area contributed by atoms with Gasteiger partial charge in [-0.05, 0) is 19.1 Å². The van der Waals surface area contributed by atoms with Crippen molar-refractivity contribution in [3.8, 4) is 29.1 Å². The van der Waals surface area contributed by atoms with Gasteiger partial charge in [0.25, 0.3) is 0 Å². The molecule has 10 nitrogen and oxygen atoms in total. The van der Waals surface area contributed by atoms with Crippen LogP contribution in [0, 0.1) is 11.8 Å². The predicted octanol–water partition coefficient (Wildman–Crippen LogP) is 3.77. The van der Waals surface area contributed by atoms with Gasteiger partial charge in [-0.15, -0.1) is 0 Å². The summed E-state index contributed by atoms with van der Waals surface area (Å²) in [6.07, 6.45) is 7.79. The highest BCUT2D eigenvalue weighted by Gasteiger charge is 2.16. The van der Waals surface area contributed by atoms with E-state index in [2.05, 4.69) is 42.3 Å². The lowest BCUT2D eigenvalue weighted by molar-refractivity contribution is 0.0566. The van der Waals surface area contributed by atoms with Crippen molar-refractivity contribution >= 4 is 23.1 Å². The third kappa shape index (κ3) is 6.05. The summed E-state index contributed by atoms with van der Waals surface area (Å²) in [5, 5.41) is 11.5. The van der Waals surface area contributed by atoms with Gasteiger partial charge < -0.3 is 15.8 Å². The highest BCUT2D eigenvalue weighted by atomic mass is 35.5. The Labute approximate surface area is 210 Å². The van der Waals surface area contributed by atoms with Crippen LogP contribution in [0.3, 0.4) is 0 Å². The minimum absolute atomic E-state index is 0.0362. The van der Waals surface area contributed by atoms with Gasteiger partial charge in [-0.1, -0.05) is 23.4 Å². The van der Waals surface area contributed by atoms with E-state index in [1.807, 2.05) is 6.92 Å². The van der Waals surface area contributed by atoms with E-state index in [9.17, 15) is 8.78 Å². The number of pyridine rings is 1. The van der Waals surface area contributed by atoms with Gasteiger partial charge in [0.05, 0.1) is 35.8 Å². The summed E-state index contributed by atoms with van der Waals surface area (Å²) in [7, 11) is 1.77. The van der Waals surface area contributed by atoms with Crippen LogP contribution >= 0.6 is 11.6 Å². The third-order valence-corrected chi connectivity index (χ3v) is 5.21. The second-order valence-corrected chi connectivity index (χ2v) is 8.15. The lowest BCUT2D eigenvalue weighted by atomic mass is 10.2. The number of aryl methyl sites for hydroxylation is 1. The minimum atomic E-state index is -2.72. The van der Waals surface area contributed by atoms with Gasteiger partial charge in [0.1, 0.15) is 16.5 Å². The van der Waals surface area contributed by atoms with Gasteiger partial charge in [-0.25, -0.2) is 24.3 Å². The van der Waals surface area contributed by atoms with Crippen LogP contribution in [0.25, 0.3) is 11.4 Å². The molecule has 0 aliphatic rings. The van der Waals surface area contributed by atoms with Crippen LogP contribution in [-0.4, -0.2) is 47.2 Å². The molecule has 3 N–H and O–H groups in total. The number of alkyl halides is 2. The lowest BCUT2D eigenvalue weighted by Gasteiger charge is -2.17. The van der Waals surface area contributed by atoms with Crippen LogP contribution < -0.4 is 15.8 Å². The molecule has 186 valence electrons. The van der Waals surface area contributed by atoms with Crippen LogP contribution in [0.4, 0.5) is 20.3 Å². The zero-order valence-corrected chi connectivity index (χ0v) is 20.1. The molecule has 0 radical (unpaired) electrons. The third-order valence-electron chi connectivity index (χ3n) is 5.01. The number of nitrogens with zero attached hydrogens (tertiary/aromatic N) is 7. The maximum absolute atomic E-state index is 12.7. The van der Waals surface area contributed by atoms with E-state index >= 15 is 0 Å². The Kier molecular flexibility index (Phi) is 7.60. The number of anilines is 2. The van der Waals surface area contributed by atoms with Crippen LogP contribution in [0.2, 0.25) is 5.15 Å². The van der Waals surface area contributed by atoms with Crippen molar-refractivity contribution in [1.82, 2.24) is 34.5 Å². The maximum Gasteiger partial charge on any atom is 0.333 e. The van der Waals surface area contributed by atoms with E-state index < -0.39 is 6.55 Å². The van der Waals surface area contributed by atoms with Crippen LogP contribution in [0.15, 0.2) is 43.1 Å². The number of rotatable bonds is 8. The molecule has 0 aromatic carbocycles.